The topological polar surface area (TPSA) is 21.3 Å². The van der Waals surface area contributed by atoms with Crippen LogP contribution in [0.15, 0.2) is 24.3 Å². The van der Waals surface area contributed by atoms with Crippen molar-refractivity contribution in [1.29, 1.82) is 0 Å². The van der Waals surface area contributed by atoms with E-state index in [0.29, 0.717) is 5.56 Å². The van der Waals surface area contributed by atoms with Crippen LogP contribution in [-0.4, -0.2) is 19.5 Å². The van der Waals surface area contributed by atoms with E-state index >= 15 is 0 Å². The summed E-state index contributed by atoms with van der Waals surface area (Å²) in [5.74, 6) is -0.373. The lowest BCUT2D eigenvalue weighted by Gasteiger charge is -2.14. The van der Waals surface area contributed by atoms with Crippen molar-refractivity contribution in [2.24, 2.45) is 0 Å². The average molecular weight is 251 g/mol. The number of hydrogen-bond donors (Lipinski definition) is 1. The molecular formula is C11H13F4NO. The predicted molar refractivity (Wildman–Crippen MR) is 54.8 cm³/mol. The van der Waals surface area contributed by atoms with Gasteiger partial charge in [-0.05, 0) is 24.6 Å². The summed E-state index contributed by atoms with van der Waals surface area (Å²) in [6.45, 7) is 1.31. The normalized spacial score (nSPS) is 13.7. The van der Waals surface area contributed by atoms with E-state index in [-0.39, 0.29) is 18.4 Å². The highest BCUT2D eigenvalue weighted by Gasteiger charge is 2.28. The van der Waals surface area contributed by atoms with Crippen LogP contribution in [0.3, 0.4) is 0 Å². The molecule has 17 heavy (non-hydrogen) atoms. The molecule has 0 radical (unpaired) electrons. The van der Waals surface area contributed by atoms with Crippen molar-refractivity contribution in [1.82, 2.24) is 5.32 Å². The van der Waals surface area contributed by atoms with Crippen LogP contribution >= 0.6 is 0 Å². The van der Waals surface area contributed by atoms with Gasteiger partial charge in [-0.1, -0.05) is 12.1 Å². The number of ether oxygens (including phenoxy) is 1. The van der Waals surface area contributed by atoms with Gasteiger partial charge in [0, 0.05) is 12.6 Å². The van der Waals surface area contributed by atoms with Crippen LogP contribution in [0.1, 0.15) is 18.5 Å². The van der Waals surface area contributed by atoms with Crippen LogP contribution in [0.4, 0.5) is 17.6 Å². The first-order valence-electron chi connectivity index (χ1n) is 5.08. The molecule has 1 N–H and O–H groups in total. The van der Waals surface area contributed by atoms with Crippen LogP contribution in [0, 0.1) is 5.82 Å². The summed E-state index contributed by atoms with van der Waals surface area (Å²) in [7, 11) is 0. The van der Waals surface area contributed by atoms with Crippen LogP contribution in [-0.2, 0) is 4.74 Å². The average Bonchev–Trinajstić information content (AvgIpc) is 2.23. The smallest absolute Gasteiger partial charge is 0.308 e. The molecule has 0 aliphatic carbocycles. The molecular weight excluding hydrogens is 238 g/mol. The van der Waals surface area contributed by atoms with Crippen molar-refractivity contribution in [3.8, 4) is 0 Å². The Labute approximate surface area is 96.6 Å². The van der Waals surface area contributed by atoms with Gasteiger partial charge in [-0.15, -0.1) is 13.2 Å². The lowest BCUT2D eigenvalue weighted by atomic mass is 10.1. The molecule has 0 heterocycles. The second kappa shape index (κ2) is 5.97. The van der Waals surface area contributed by atoms with Gasteiger partial charge >= 0.3 is 6.36 Å². The Morgan fingerprint density at radius 3 is 2.65 bits per heavy atom. The second-order valence-electron chi connectivity index (χ2n) is 3.53. The Balaban J connectivity index is 2.33. The number of hydrogen-bond acceptors (Lipinski definition) is 2. The zero-order valence-corrected chi connectivity index (χ0v) is 9.22. The molecule has 0 saturated heterocycles. The Bertz CT molecular complexity index is 354. The maximum absolute atomic E-state index is 12.9. The monoisotopic (exact) mass is 251 g/mol. The Morgan fingerprint density at radius 1 is 1.35 bits per heavy atom. The molecule has 0 unspecified atom stereocenters. The summed E-state index contributed by atoms with van der Waals surface area (Å²) in [4.78, 5) is 0. The fraction of sp³-hybridized carbons (Fsp3) is 0.455. The van der Waals surface area contributed by atoms with Gasteiger partial charge in [-0.2, -0.15) is 0 Å². The van der Waals surface area contributed by atoms with Gasteiger partial charge in [0.15, 0.2) is 0 Å². The highest BCUT2D eigenvalue weighted by molar-refractivity contribution is 5.19. The first-order valence-corrected chi connectivity index (χ1v) is 5.08. The standard InChI is InChI=1S/C11H13F4NO/c1-8(9-3-2-4-10(12)7-9)16-5-6-17-11(13,14)15/h2-4,7-8,16H,5-6H2,1H3/t8-/m1/s1. The van der Waals surface area contributed by atoms with Crippen molar-refractivity contribution >= 4 is 0 Å². The second-order valence-corrected chi connectivity index (χ2v) is 3.53. The SMILES string of the molecule is C[C@@H](NCCOC(F)(F)F)c1cccc(F)c1. The molecule has 1 rings (SSSR count). The summed E-state index contributed by atoms with van der Waals surface area (Å²) in [5, 5.41) is 2.81. The molecule has 0 spiro atoms. The van der Waals surface area contributed by atoms with E-state index in [1.165, 1.54) is 12.1 Å². The third-order valence-corrected chi connectivity index (χ3v) is 2.17. The maximum atomic E-state index is 12.9. The first-order chi connectivity index (χ1) is 7.88. The summed E-state index contributed by atoms with van der Waals surface area (Å²) < 4.78 is 51.4. The van der Waals surface area contributed by atoms with Gasteiger partial charge < -0.3 is 5.32 Å². The Hall–Kier alpha value is -1.14. The van der Waals surface area contributed by atoms with Gasteiger partial charge in [-0.3, -0.25) is 4.74 Å². The number of alkyl halides is 3. The lowest BCUT2D eigenvalue weighted by molar-refractivity contribution is -0.323. The van der Waals surface area contributed by atoms with Crippen molar-refractivity contribution in [2.45, 2.75) is 19.3 Å². The molecule has 1 aromatic rings. The molecule has 0 fully saturated rings. The van der Waals surface area contributed by atoms with Crippen LogP contribution in [0.5, 0.6) is 0 Å². The van der Waals surface area contributed by atoms with Crippen LogP contribution < -0.4 is 5.32 Å². The summed E-state index contributed by atoms with van der Waals surface area (Å²) >= 11 is 0. The summed E-state index contributed by atoms with van der Waals surface area (Å²) in [6, 6.07) is 5.66. The molecule has 0 aliphatic rings. The molecule has 6 heteroatoms. The highest BCUT2D eigenvalue weighted by atomic mass is 19.4. The van der Waals surface area contributed by atoms with Gasteiger partial charge in [-0.25, -0.2) is 4.39 Å². The van der Waals surface area contributed by atoms with E-state index in [1.807, 2.05) is 0 Å². The van der Waals surface area contributed by atoms with E-state index in [9.17, 15) is 17.6 Å². The number of nitrogens with one attached hydrogen (secondary N) is 1. The van der Waals surface area contributed by atoms with Crippen molar-refractivity contribution in [3.63, 3.8) is 0 Å². The van der Waals surface area contributed by atoms with E-state index in [4.69, 9.17) is 0 Å². The largest absolute Gasteiger partial charge is 0.522 e. The Morgan fingerprint density at radius 2 is 2.06 bits per heavy atom. The van der Waals surface area contributed by atoms with Crippen molar-refractivity contribution in [2.75, 3.05) is 13.2 Å². The zero-order valence-electron chi connectivity index (χ0n) is 9.22. The van der Waals surface area contributed by atoms with E-state index in [2.05, 4.69) is 10.1 Å². The lowest BCUT2D eigenvalue weighted by Crippen LogP contribution is -2.26. The van der Waals surface area contributed by atoms with E-state index in [1.54, 1.807) is 19.1 Å². The molecule has 0 aromatic heterocycles. The molecule has 1 atom stereocenters. The van der Waals surface area contributed by atoms with Gasteiger partial charge in [0.2, 0.25) is 0 Å². The van der Waals surface area contributed by atoms with E-state index < -0.39 is 13.0 Å². The van der Waals surface area contributed by atoms with Gasteiger partial charge in [0.1, 0.15) is 5.82 Å². The van der Waals surface area contributed by atoms with Gasteiger partial charge in [0.05, 0.1) is 6.61 Å². The molecule has 0 aliphatic heterocycles. The van der Waals surface area contributed by atoms with Gasteiger partial charge in [0.25, 0.3) is 0 Å². The number of benzene rings is 1. The van der Waals surface area contributed by atoms with Crippen LogP contribution in [0.25, 0.3) is 0 Å². The third kappa shape index (κ3) is 5.65. The van der Waals surface area contributed by atoms with Crippen molar-refractivity contribution < 1.29 is 22.3 Å². The predicted octanol–water partition coefficient (Wildman–Crippen LogP) is 3.01. The molecule has 1 aromatic carbocycles. The minimum atomic E-state index is -4.61. The molecule has 2 nitrogen and oxygen atoms in total. The summed E-state index contributed by atoms with van der Waals surface area (Å²) in [6.07, 6.45) is -4.61. The minimum absolute atomic E-state index is 0.0389. The maximum Gasteiger partial charge on any atom is 0.522 e. The first kappa shape index (κ1) is 13.9. The quantitative estimate of drug-likeness (QED) is 0.641. The van der Waals surface area contributed by atoms with Crippen molar-refractivity contribution in [3.05, 3.63) is 35.6 Å². The summed E-state index contributed by atoms with van der Waals surface area (Å²) in [5.41, 5.74) is 0.678. The fourth-order valence-electron chi connectivity index (χ4n) is 1.34. The van der Waals surface area contributed by atoms with Crippen LogP contribution in [0.2, 0.25) is 0 Å². The number of halogens is 4. The molecule has 0 amide bonds. The third-order valence-electron chi connectivity index (χ3n) is 2.17. The Kier molecular flexibility index (Phi) is 4.89. The molecule has 96 valence electrons. The highest BCUT2D eigenvalue weighted by Crippen LogP contribution is 2.16. The number of rotatable bonds is 5. The molecule has 0 saturated carbocycles. The fourth-order valence-corrected chi connectivity index (χ4v) is 1.34. The van der Waals surface area contributed by atoms with E-state index in [0.717, 1.165) is 0 Å². The minimum Gasteiger partial charge on any atom is -0.308 e. The zero-order chi connectivity index (χ0) is 12.9. The molecule has 0 bridgehead atoms.